The number of hydrogen-bond donors (Lipinski definition) is 1. The summed E-state index contributed by atoms with van der Waals surface area (Å²) in [7, 11) is 0. The lowest BCUT2D eigenvalue weighted by atomic mass is 9.96. The maximum Gasteiger partial charge on any atom is 0.295 e. The summed E-state index contributed by atoms with van der Waals surface area (Å²) >= 11 is 6.03. The normalized spacial score (nSPS) is 19.3. The molecule has 0 saturated carbocycles. The van der Waals surface area contributed by atoms with Crippen molar-refractivity contribution >= 4 is 34.6 Å². The Balaban J connectivity index is 1.52. The third-order valence-electron chi connectivity index (χ3n) is 5.32. The van der Waals surface area contributed by atoms with Crippen LogP contribution in [-0.4, -0.2) is 41.0 Å². The Bertz CT molecular complexity index is 1020. The second-order valence-electron chi connectivity index (χ2n) is 7.19. The molecule has 0 bridgehead atoms. The van der Waals surface area contributed by atoms with Crippen LogP contribution >= 0.6 is 11.6 Å². The van der Waals surface area contributed by atoms with Gasteiger partial charge in [0.05, 0.1) is 18.2 Å². The molecule has 3 aromatic rings. The molecule has 1 amide bonds. The fourth-order valence-electron chi connectivity index (χ4n) is 3.82. The summed E-state index contributed by atoms with van der Waals surface area (Å²) in [6, 6.07) is 13.2. The van der Waals surface area contributed by atoms with Crippen LogP contribution in [0.2, 0.25) is 5.02 Å². The minimum absolute atomic E-state index is 0.0163. The molecule has 152 valence electrons. The van der Waals surface area contributed by atoms with Crippen molar-refractivity contribution in [2.45, 2.75) is 38.8 Å². The standard InChI is InChI=1S/C22H24ClN3O3/c1-3-28-19-9-5-4-7-16(19)21(27)26-12-6-8-17(14(26)2)24-22-25-18-13-15(23)10-11-20(18)29-22/h4-5,7,9-11,13-14,17H,3,6,8,12H2,1-2H3,(H,24,25)/t14-,17-/m1/s1. The number of nitrogens with one attached hydrogen (secondary N) is 1. The van der Waals surface area contributed by atoms with Gasteiger partial charge in [-0.05, 0) is 57.0 Å². The van der Waals surface area contributed by atoms with Crippen LogP contribution in [0.25, 0.3) is 11.1 Å². The van der Waals surface area contributed by atoms with Crippen molar-refractivity contribution in [3.63, 3.8) is 0 Å². The molecule has 1 aromatic heterocycles. The lowest BCUT2D eigenvalue weighted by Crippen LogP contribution is -2.52. The van der Waals surface area contributed by atoms with Crippen LogP contribution in [0.5, 0.6) is 5.75 Å². The molecule has 2 atom stereocenters. The van der Waals surface area contributed by atoms with E-state index in [-0.39, 0.29) is 18.0 Å². The van der Waals surface area contributed by atoms with Crippen LogP contribution in [0.3, 0.4) is 0 Å². The molecule has 29 heavy (non-hydrogen) atoms. The molecule has 1 saturated heterocycles. The number of anilines is 1. The number of nitrogens with zero attached hydrogens (tertiary/aromatic N) is 2. The first kappa shape index (κ1) is 19.6. The van der Waals surface area contributed by atoms with Gasteiger partial charge in [0.15, 0.2) is 5.58 Å². The Kier molecular flexibility index (Phi) is 5.62. The highest BCUT2D eigenvalue weighted by Crippen LogP contribution is 2.28. The number of amides is 1. The maximum absolute atomic E-state index is 13.2. The van der Waals surface area contributed by atoms with Crippen molar-refractivity contribution in [3.05, 3.63) is 53.1 Å². The molecule has 1 aliphatic rings. The quantitative estimate of drug-likeness (QED) is 0.638. The average Bonchev–Trinajstić information content (AvgIpc) is 3.11. The summed E-state index contributed by atoms with van der Waals surface area (Å²) in [6.45, 7) is 5.20. The predicted octanol–water partition coefficient (Wildman–Crippen LogP) is 4.99. The van der Waals surface area contributed by atoms with Gasteiger partial charge in [-0.15, -0.1) is 0 Å². The van der Waals surface area contributed by atoms with Gasteiger partial charge >= 0.3 is 0 Å². The fourth-order valence-corrected chi connectivity index (χ4v) is 3.99. The van der Waals surface area contributed by atoms with E-state index in [0.717, 1.165) is 12.8 Å². The summed E-state index contributed by atoms with van der Waals surface area (Å²) < 4.78 is 11.5. The molecule has 0 unspecified atom stereocenters. The molecular weight excluding hydrogens is 390 g/mol. The Morgan fingerprint density at radius 1 is 1.34 bits per heavy atom. The molecule has 2 heterocycles. The van der Waals surface area contributed by atoms with Gasteiger partial charge in [0.2, 0.25) is 0 Å². The molecule has 1 fully saturated rings. The van der Waals surface area contributed by atoms with Gasteiger partial charge in [0.1, 0.15) is 11.3 Å². The highest BCUT2D eigenvalue weighted by molar-refractivity contribution is 6.31. The molecule has 1 aliphatic heterocycles. The predicted molar refractivity (Wildman–Crippen MR) is 114 cm³/mol. The average molecular weight is 414 g/mol. The smallest absolute Gasteiger partial charge is 0.295 e. The number of carbonyl (C=O) groups is 1. The number of benzene rings is 2. The van der Waals surface area contributed by atoms with Crippen LogP contribution in [0.15, 0.2) is 46.9 Å². The van der Waals surface area contributed by atoms with Crippen LogP contribution in [0.4, 0.5) is 6.01 Å². The third kappa shape index (κ3) is 4.03. The molecule has 7 heteroatoms. The largest absolute Gasteiger partial charge is 0.493 e. The number of carbonyl (C=O) groups excluding carboxylic acids is 1. The molecule has 0 spiro atoms. The number of fused-ring (bicyclic) bond motifs is 1. The van der Waals surface area contributed by atoms with E-state index in [4.69, 9.17) is 20.8 Å². The summed E-state index contributed by atoms with van der Waals surface area (Å²) in [5, 5.41) is 3.99. The summed E-state index contributed by atoms with van der Waals surface area (Å²) in [4.78, 5) is 19.6. The maximum atomic E-state index is 13.2. The first-order valence-corrected chi connectivity index (χ1v) is 10.3. The van der Waals surface area contributed by atoms with E-state index in [9.17, 15) is 4.79 Å². The highest BCUT2D eigenvalue weighted by atomic mass is 35.5. The second kappa shape index (κ2) is 8.33. The van der Waals surface area contributed by atoms with Gasteiger partial charge in [0, 0.05) is 17.6 Å². The van der Waals surface area contributed by atoms with Crippen LogP contribution in [-0.2, 0) is 0 Å². The number of piperidine rings is 1. The van der Waals surface area contributed by atoms with Crippen LogP contribution in [0, 0.1) is 0 Å². The number of oxazole rings is 1. The lowest BCUT2D eigenvalue weighted by molar-refractivity contribution is 0.0611. The zero-order valence-corrected chi connectivity index (χ0v) is 17.3. The van der Waals surface area contributed by atoms with Gasteiger partial charge < -0.3 is 19.4 Å². The van der Waals surface area contributed by atoms with Crippen LogP contribution in [0.1, 0.15) is 37.0 Å². The third-order valence-corrected chi connectivity index (χ3v) is 5.56. The first-order chi connectivity index (χ1) is 14.1. The summed E-state index contributed by atoms with van der Waals surface area (Å²) in [5.74, 6) is 0.607. The van der Waals surface area contributed by atoms with Crippen molar-refractivity contribution < 1.29 is 13.9 Å². The van der Waals surface area contributed by atoms with E-state index in [0.29, 0.717) is 46.6 Å². The molecule has 1 N–H and O–H groups in total. The van der Waals surface area contributed by atoms with Gasteiger partial charge in [0.25, 0.3) is 11.9 Å². The number of rotatable bonds is 5. The van der Waals surface area contributed by atoms with Crippen molar-refractivity contribution in [3.8, 4) is 5.75 Å². The summed E-state index contributed by atoms with van der Waals surface area (Å²) in [5.41, 5.74) is 1.99. The van der Waals surface area contributed by atoms with Crippen LogP contribution < -0.4 is 10.1 Å². The Labute approximate surface area is 174 Å². The number of aromatic nitrogens is 1. The van der Waals surface area contributed by atoms with E-state index in [1.807, 2.05) is 36.1 Å². The van der Waals surface area contributed by atoms with Crippen molar-refractivity contribution in [1.82, 2.24) is 9.88 Å². The molecule has 0 radical (unpaired) electrons. The van der Waals surface area contributed by atoms with E-state index >= 15 is 0 Å². The zero-order valence-electron chi connectivity index (χ0n) is 16.5. The van der Waals surface area contributed by atoms with E-state index in [1.54, 1.807) is 18.2 Å². The van der Waals surface area contributed by atoms with Gasteiger partial charge in [-0.25, -0.2) is 0 Å². The monoisotopic (exact) mass is 413 g/mol. The van der Waals surface area contributed by atoms with E-state index < -0.39 is 0 Å². The zero-order chi connectivity index (χ0) is 20.4. The van der Waals surface area contributed by atoms with Crippen molar-refractivity contribution in [2.75, 3.05) is 18.5 Å². The van der Waals surface area contributed by atoms with Crippen molar-refractivity contribution in [2.24, 2.45) is 0 Å². The number of halogens is 1. The van der Waals surface area contributed by atoms with E-state index in [2.05, 4.69) is 17.2 Å². The molecule has 2 aromatic carbocycles. The topological polar surface area (TPSA) is 67.6 Å². The fraction of sp³-hybridized carbons (Fsp3) is 0.364. The van der Waals surface area contributed by atoms with Crippen molar-refractivity contribution in [1.29, 1.82) is 0 Å². The number of likely N-dealkylation sites (tertiary alicyclic amines) is 1. The molecule has 6 nitrogen and oxygen atoms in total. The van der Waals surface area contributed by atoms with Gasteiger partial charge in [-0.3, -0.25) is 4.79 Å². The summed E-state index contributed by atoms with van der Waals surface area (Å²) in [6.07, 6.45) is 1.83. The Hall–Kier alpha value is -2.73. The molecule has 4 rings (SSSR count). The number of para-hydroxylation sites is 1. The first-order valence-electron chi connectivity index (χ1n) is 9.92. The van der Waals surface area contributed by atoms with E-state index in [1.165, 1.54) is 0 Å². The minimum atomic E-state index is -0.0236. The van der Waals surface area contributed by atoms with Gasteiger partial charge in [-0.1, -0.05) is 23.7 Å². The minimum Gasteiger partial charge on any atom is -0.493 e. The SMILES string of the molecule is CCOc1ccccc1C(=O)N1CCC[C@@H](Nc2nc3cc(Cl)ccc3o2)[C@H]1C. The Morgan fingerprint density at radius 3 is 3.00 bits per heavy atom. The Morgan fingerprint density at radius 2 is 2.17 bits per heavy atom. The second-order valence-corrected chi connectivity index (χ2v) is 7.63. The number of ether oxygens (including phenoxy) is 1. The van der Waals surface area contributed by atoms with Gasteiger partial charge in [-0.2, -0.15) is 4.98 Å². The highest BCUT2D eigenvalue weighted by Gasteiger charge is 2.33. The number of hydrogen-bond acceptors (Lipinski definition) is 5. The molecular formula is C22H24ClN3O3. The molecule has 0 aliphatic carbocycles. The lowest BCUT2D eigenvalue weighted by Gasteiger charge is -2.39.